The molecule has 0 saturated heterocycles. The van der Waals surface area contributed by atoms with Crippen molar-refractivity contribution in [3.05, 3.63) is 63.5 Å². The van der Waals surface area contributed by atoms with Gasteiger partial charge in [0.25, 0.3) is 0 Å². The fraction of sp³-hybridized carbons (Fsp3) is 0.176. The van der Waals surface area contributed by atoms with Crippen molar-refractivity contribution in [2.45, 2.75) is 18.4 Å². The Morgan fingerprint density at radius 3 is 2.88 bits per heavy atom. The van der Waals surface area contributed by atoms with E-state index in [9.17, 15) is 0 Å². The van der Waals surface area contributed by atoms with Crippen molar-refractivity contribution in [2.24, 2.45) is 8.80 Å². The Morgan fingerprint density at radius 1 is 1.21 bits per heavy atom. The third-order valence-electron chi connectivity index (χ3n) is 3.69. The van der Waals surface area contributed by atoms with Crippen molar-refractivity contribution in [1.82, 2.24) is 9.97 Å². The number of hydrogen-bond acceptors (Lipinski definition) is 5. The number of aryl methyl sites for hydroxylation is 1. The average molecular weight is 359 g/mol. The minimum absolute atomic E-state index is 0.441. The lowest BCUT2D eigenvalue weighted by molar-refractivity contribution is 0.181. The first-order chi connectivity index (χ1) is 11.7. The van der Waals surface area contributed by atoms with E-state index >= 15 is 0 Å². The molecular weight excluding hydrogens is 344 g/mol. The number of nitrogens with zero attached hydrogens (tertiary/aromatic N) is 4. The number of para-hydroxylation sites is 1. The van der Waals surface area contributed by atoms with Gasteiger partial charge in [0.1, 0.15) is 10.9 Å². The van der Waals surface area contributed by atoms with Gasteiger partial charge in [0.15, 0.2) is 0 Å². The van der Waals surface area contributed by atoms with Crippen molar-refractivity contribution in [1.29, 1.82) is 0 Å². The van der Waals surface area contributed by atoms with Crippen LogP contribution in [0.25, 0.3) is 11.0 Å². The fourth-order valence-corrected chi connectivity index (χ4v) is 4.64. The smallest absolute Gasteiger partial charge is 0.116 e. The number of ether oxygens (including phenoxy) is 1. The minimum atomic E-state index is -1.08. The van der Waals surface area contributed by atoms with Crippen LogP contribution in [0, 0.1) is 6.92 Å². The van der Waals surface area contributed by atoms with Gasteiger partial charge in [-0.05, 0) is 48.0 Å². The summed E-state index contributed by atoms with van der Waals surface area (Å²) in [5.41, 5.74) is 3.59. The Balaban J connectivity index is 1.90. The summed E-state index contributed by atoms with van der Waals surface area (Å²) in [5, 5.41) is 2.24. The maximum absolute atomic E-state index is 6.24. The highest BCUT2D eigenvalue weighted by Gasteiger charge is 2.16. The predicted octanol–water partition coefficient (Wildman–Crippen LogP) is 2.88. The Kier molecular flexibility index (Phi) is 3.96. The SMILES string of the molecule is COCc1cnc2c([SH]3N=c4cccc(Cl)c4=N3)cc(C)cc2n1. The summed E-state index contributed by atoms with van der Waals surface area (Å²) in [6.07, 6.45) is 1.75. The number of halogens is 1. The zero-order chi connectivity index (χ0) is 16.7. The molecule has 1 atom stereocenters. The van der Waals surface area contributed by atoms with E-state index in [2.05, 4.69) is 16.0 Å². The average Bonchev–Trinajstić information content (AvgIpc) is 2.99. The van der Waals surface area contributed by atoms with Crippen molar-refractivity contribution >= 4 is 33.9 Å². The molecule has 1 unspecified atom stereocenters. The first-order valence-corrected chi connectivity index (χ1v) is 9.05. The number of rotatable bonds is 3. The Labute approximate surface area is 146 Å². The molecule has 2 aromatic carbocycles. The molecule has 5 nitrogen and oxygen atoms in total. The van der Waals surface area contributed by atoms with Crippen LogP contribution in [0.4, 0.5) is 0 Å². The Bertz CT molecular complexity index is 1070. The molecule has 1 aliphatic rings. The lowest BCUT2D eigenvalue weighted by Crippen LogP contribution is -2.21. The predicted molar refractivity (Wildman–Crippen MR) is 96.0 cm³/mol. The third-order valence-corrected chi connectivity index (χ3v) is 5.56. The van der Waals surface area contributed by atoms with Gasteiger partial charge in [-0.2, -0.15) is 0 Å². The van der Waals surface area contributed by atoms with Crippen LogP contribution >= 0.6 is 22.9 Å². The van der Waals surface area contributed by atoms with E-state index in [1.54, 1.807) is 13.3 Å². The normalized spacial score (nSPS) is 17.4. The second-order valence-electron chi connectivity index (χ2n) is 5.54. The van der Waals surface area contributed by atoms with Crippen LogP contribution in [0.5, 0.6) is 0 Å². The monoisotopic (exact) mass is 358 g/mol. The summed E-state index contributed by atoms with van der Waals surface area (Å²) in [5.74, 6) is 0. The van der Waals surface area contributed by atoms with Crippen molar-refractivity contribution in [3.8, 4) is 0 Å². The van der Waals surface area contributed by atoms with Gasteiger partial charge in [0, 0.05) is 7.11 Å². The quantitative estimate of drug-likeness (QED) is 0.732. The van der Waals surface area contributed by atoms with Gasteiger partial charge in [-0.1, -0.05) is 17.7 Å². The molecule has 2 heterocycles. The molecular formula is C17H15ClN4OS. The van der Waals surface area contributed by atoms with Crippen LogP contribution < -0.4 is 10.7 Å². The van der Waals surface area contributed by atoms with E-state index in [0.29, 0.717) is 11.6 Å². The topological polar surface area (TPSA) is 59.7 Å². The highest BCUT2D eigenvalue weighted by atomic mass is 35.5. The Hall–Kier alpha value is -2.02. The molecule has 0 radical (unpaired) electrons. The van der Waals surface area contributed by atoms with Crippen LogP contribution in [-0.2, 0) is 11.3 Å². The van der Waals surface area contributed by atoms with Crippen molar-refractivity contribution in [2.75, 3.05) is 7.11 Å². The van der Waals surface area contributed by atoms with Gasteiger partial charge in [-0.25, -0.2) is 13.8 Å². The lowest BCUT2D eigenvalue weighted by Gasteiger charge is -2.13. The molecule has 0 N–H and O–H groups in total. The number of benzene rings is 2. The molecule has 0 spiro atoms. The van der Waals surface area contributed by atoms with Crippen molar-refractivity contribution in [3.63, 3.8) is 0 Å². The van der Waals surface area contributed by atoms with E-state index in [1.165, 1.54) is 0 Å². The van der Waals surface area contributed by atoms with Gasteiger partial charge in [-0.3, -0.25) is 4.98 Å². The molecule has 24 heavy (non-hydrogen) atoms. The molecule has 0 aliphatic carbocycles. The molecule has 7 heteroatoms. The van der Waals surface area contributed by atoms with Crippen molar-refractivity contribution < 1.29 is 4.74 Å². The molecule has 0 amide bonds. The molecule has 1 aromatic heterocycles. The van der Waals surface area contributed by atoms with Gasteiger partial charge in [0.2, 0.25) is 0 Å². The number of fused-ring (bicyclic) bond motifs is 2. The van der Waals surface area contributed by atoms with E-state index in [-0.39, 0.29) is 0 Å². The van der Waals surface area contributed by atoms with E-state index < -0.39 is 11.3 Å². The molecule has 0 saturated carbocycles. The molecule has 4 rings (SSSR count). The zero-order valence-corrected chi connectivity index (χ0v) is 14.8. The number of thiol groups is 1. The lowest BCUT2D eigenvalue weighted by atomic mass is 10.2. The van der Waals surface area contributed by atoms with E-state index in [1.807, 2.05) is 31.2 Å². The summed E-state index contributed by atoms with van der Waals surface area (Å²) in [4.78, 5) is 10.2. The largest absolute Gasteiger partial charge is 0.378 e. The standard InChI is InChI=1S/C17H15ClN4OS/c1-10-6-14-17(19-8-11(20-14)9-23-2)15(7-10)24-21-13-5-3-4-12(18)16(13)22-24/h3-8,24H,9H2,1-2H3. The summed E-state index contributed by atoms with van der Waals surface area (Å²) in [7, 11) is 1.65. The van der Waals surface area contributed by atoms with Gasteiger partial charge < -0.3 is 4.74 Å². The first-order valence-electron chi connectivity index (χ1n) is 7.43. The highest BCUT2D eigenvalue weighted by molar-refractivity contribution is 8.14. The molecule has 0 bridgehead atoms. The minimum Gasteiger partial charge on any atom is -0.378 e. The van der Waals surface area contributed by atoms with E-state index in [0.717, 1.165) is 37.9 Å². The van der Waals surface area contributed by atoms with Crippen LogP contribution in [-0.4, -0.2) is 17.1 Å². The molecule has 122 valence electrons. The van der Waals surface area contributed by atoms with Crippen LogP contribution in [0.1, 0.15) is 11.3 Å². The number of methoxy groups -OCH3 is 1. The van der Waals surface area contributed by atoms with E-state index in [4.69, 9.17) is 25.1 Å². The van der Waals surface area contributed by atoms with Crippen LogP contribution in [0.15, 0.2) is 50.2 Å². The maximum atomic E-state index is 6.24. The van der Waals surface area contributed by atoms with Crippen LogP contribution in [0.3, 0.4) is 0 Å². The second-order valence-corrected chi connectivity index (χ2v) is 7.41. The molecule has 1 aliphatic heterocycles. The van der Waals surface area contributed by atoms with Gasteiger partial charge >= 0.3 is 0 Å². The fourth-order valence-electron chi connectivity index (χ4n) is 2.66. The Morgan fingerprint density at radius 2 is 2.08 bits per heavy atom. The second kappa shape index (κ2) is 6.12. The maximum Gasteiger partial charge on any atom is 0.116 e. The molecule has 3 aromatic rings. The van der Waals surface area contributed by atoms with Gasteiger partial charge in [-0.15, -0.1) is 0 Å². The molecule has 0 fully saturated rings. The summed E-state index contributed by atoms with van der Waals surface area (Å²) < 4.78 is 14.6. The first kappa shape index (κ1) is 15.5. The summed E-state index contributed by atoms with van der Waals surface area (Å²) >= 11 is 5.16. The number of aromatic nitrogens is 2. The highest BCUT2D eigenvalue weighted by Crippen LogP contribution is 2.43. The zero-order valence-electron chi connectivity index (χ0n) is 13.2. The third kappa shape index (κ3) is 2.66. The summed E-state index contributed by atoms with van der Waals surface area (Å²) in [6, 6.07) is 9.78. The summed E-state index contributed by atoms with van der Waals surface area (Å²) in [6.45, 7) is 2.48. The van der Waals surface area contributed by atoms with Gasteiger partial charge in [0.05, 0.1) is 39.3 Å². The van der Waals surface area contributed by atoms with Crippen LogP contribution in [0.2, 0.25) is 5.02 Å². The number of hydrogen-bond donors (Lipinski definition) is 1.